The molecule has 1 heterocycles. The lowest BCUT2D eigenvalue weighted by Gasteiger charge is -2.26. The van der Waals surface area contributed by atoms with Gasteiger partial charge in [0.05, 0.1) is 12.1 Å². The van der Waals surface area contributed by atoms with E-state index in [9.17, 15) is 14.7 Å². The second-order valence-electron chi connectivity index (χ2n) is 5.87. The number of aryl methyl sites for hydroxylation is 1. The SMILES string of the molecule is COc1ccc(C(NC(=O)C2SCCc3ccccc32)C(=O)O)cc1Cl. The molecule has 0 saturated carbocycles. The highest BCUT2D eigenvalue weighted by atomic mass is 35.5. The molecule has 5 nitrogen and oxygen atoms in total. The number of thioether (sulfide) groups is 1. The monoisotopic (exact) mass is 391 g/mol. The van der Waals surface area contributed by atoms with Gasteiger partial charge in [-0.15, -0.1) is 11.8 Å². The fraction of sp³-hybridized carbons (Fsp3) is 0.263. The van der Waals surface area contributed by atoms with Crippen LogP contribution in [0.1, 0.15) is 28.0 Å². The number of halogens is 1. The van der Waals surface area contributed by atoms with Gasteiger partial charge in [0.2, 0.25) is 5.91 Å². The zero-order valence-electron chi connectivity index (χ0n) is 14.1. The van der Waals surface area contributed by atoms with Crippen molar-refractivity contribution in [3.8, 4) is 5.75 Å². The number of hydrogen-bond donors (Lipinski definition) is 2. The second-order valence-corrected chi connectivity index (χ2v) is 7.49. The van der Waals surface area contributed by atoms with Gasteiger partial charge in [-0.3, -0.25) is 4.79 Å². The summed E-state index contributed by atoms with van der Waals surface area (Å²) in [5.74, 6) is -0.195. The van der Waals surface area contributed by atoms with Crippen LogP contribution in [-0.4, -0.2) is 29.8 Å². The summed E-state index contributed by atoms with van der Waals surface area (Å²) in [6.45, 7) is 0. The standard InChI is InChI=1S/C19H18ClNO4S/c1-25-15-7-6-12(10-14(15)20)16(19(23)24)21-18(22)17-13-5-3-2-4-11(13)8-9-26-17/h2-7,10,16-17H,8-9H2,1H3,(H,21,22)(H,23,24). The Morgan fingerprint density at radius 1 is 1.31 bits per heavy atom. The smallest absolute Gasteiger partial charge is 0.330 e. The first-order valence-corrected chi connectivity index (χ1v) is 9.50. The van der Waals surface area contributed by atoms with Gasteiger partial charge in [0.1, 0.15) is 11.0 Å². The van der Waals surface area contributed by atoms with Crippen molar-refractivity contribution < 1.29 is 19.4 Å². The molecule has 2 aromatic rings. The first-order chi connectivity index (χ1) is 12.5. The minimum atomic E-state index is -1.18. The van der Waals surface area contributed by atoms with Crippen molar-refractivity contribution in [3.05, 3.63) is 64.2 Å². The van der Waals surface area contributed by atoms with Crippen molar-refractivity contribution in [2.45, 2.75) is 17.7 Å². The molecule has 0 radical (unpaired) electrons. The lowest BCUT2D eigenvalue weighted by atomic mass is 10.0. The predicted octanol–water partition coefficient (Wildman–Crippen LogP) is 3.62. The molecule has 0 fully saturated rings. The molecule has 136 valence electrons. The summed E-state index contributed by atoms with van der Waals surface area (Å²) in [4.78, 5) is 24.5. The van der Waals surface area contributed by atoms with Crippen LogP contribution in [0.25, 0.3) is 0 Å². The number of fused-ring (bicyclic) bond motifs is 1. The van der Waals surface area contributed by atoms with Gasteiger partial charge in [-0.1, -0.05) is 41.9 Å². The van der Waals surface area contributed by atoms with Crippen molar-refractivity contribution in [1.29, 1.82) is 0 Å². The first-order valence-electron chi connectivity index (χ1n) is 8.07. The number of rotatable bonds is 5. The maximum Gasteiger partial charge on any atom is 0.330 e. The van der Waals surface area contributed by atoms with E-state index < -0.39 is 17.3 Å². The number of ether oxygens (including phenoxy) is 1. The lowest BCUT2D eigenvalue weighted by molar-refractivity contribution is -0.142. The van der Waals surface area contributed by atoms with Gasteiger partial charge < -0.3 is 15.2 Å². The van der Waals surface area contributed by atoms with Crippen molar-refractivity contribution in [3.63, 3.8) is 0 Å². The van der Waals surface area contributed by atoms with E-state index in [1.54, 1.807) is 12.1 Å². The topological polar surface area (TPSA) is 75.6 Å². The van der Waals surface area contributed by atoms with Gasteiger partial charge in [0.15, 0.2) is 6.04 Å². The molecule has 0 spiro atoms. The van der Waals surface area contributed by atoms with Crippen molar-refractivity contribution >= 4 is 35.2 Å². The van der Waals surface area contributed by atoms with E-state index in [2.05, 4.69) is 5.32 Å². The molecule has 1 amide bonds. The number of carbonyl (C=O) groups is 2. The highest BCUT2D eigenvalue weighted by molar-refractivity contribution is 8.00. The molecule has 2 unspecified atom stereocenters. The minimum Gasteiger partial charge on any atom is -0.495 e. The lowest BCUT2D eigenvalue weighted by Crippen LogP contribution is -2.37. The zero-order chi connectivity index (χ0) is 18.7. The molecule has 0 aromatic heterocycles. The Hall–Kier alpha value is -2.18. The number of nitrogens with one attached hydrogen (secondary N) is 1. The molecule has 0 aliphatic carbocycles. The average Bonchev–Trinajstić information content (AvgIpc) is 2.65. The van der Waals surface area contributed by atoms with Crippen LogP contribution in [0.2, 0.25) is 5.02 Å². The zero-order valence-corrected chi connectivity index (χ0v) is 15.6. The van der Waals surface area contributed by atoms with Crippen LogP contribution in [-0.2, 0) is 16.0 Å². The molecular formula is C19H18ClNO4S. The van der Waals surface area contributed by atoms with E-state index in [1.165, 1.54) is 24.9 Å². The maximum atomic E-state index is 12.8. The Labute approximate surface area is 160 Å². The fourth-order valence-corrected chi connectivity index (χ4v) is 4.45. The summed E-state index contributed by atoms with van der Waals surface area (Å²) in [5, 5.41) is 12.1. The third kappa shape index (κ3) is 3.81. The first kappa shape index (κ1) is 18.6. The Balaban J connectivity index is 1.84. The maximum absolute atomic E-state index is 12.8. The van der Waals surface area contributed by atoms with Crippen molar-refractivity contribution in [1.82, 2.24) is 5.32 Å². The Bertz CT molecular complexity index is 842. The summed E-state index contributed by atoms with van der Waals surface area (Å²) in [6.07, 6.45) is 0.904. The summed E-state index contributed by atoms with van der Waals surface area (Å²) in [6, 6.07) is 11.3. The summed E-state index contributed by atoms with van der Waals surface area (Å²) in [5.41, 5.74) is 2.47. The highest BCUT2D eigenvalue weighted by Crippen LogP contribution is 2.37. The molecule has 0 bridgehead atoms. The molecule has 0 saturated heterocycles. The largest absolute Gasteiger partial charge is 0.495 e. The van der Waals surface area contributed by atoms with Crippen LogP contribution in [0.4, 0.5) is 0 Å². The van der Waals surface area contributed by atoms with Gasteiger partial charge in [-0.2, -0.15) is 0 Å². The second kappa shape index (κ2) is 8.01. The number of benzene rings is 2. The quantitative estimate of drug-likeness (QED) is 0.814. The summed E-state index contributed by atoms with van der Waals surface area (Å²) < 4.78 is 5.09. The summed E-state index contributed by atoms with van der Waals surface area (Å²) >= 11 is 7.62. The third-order valence-corrected chi connectivity index (χ3v) is 5.81. The van der Waals surface area contributed by atoms with Crippen molar-refractivity contribution in [2.75, 3.05) is 12.9 Å². The molecule has 2 aromatic carbocycles. The van der Waals surface area contributed by atoms with Crippen LogP contribution < -0.4 is 10.1 Å². The van der Waals surface area contributed by atoms with Crippen LogP contribution in [0.3, 0.4) is 0 Å². The van der Waals surface area contributed by atoms with Crippen LogP contribution in [0, 0.1) is 0 Å². The molecule has 3 rings (SSSR count). The molecule has 7 heteroatoms. The molecule has 2 N–H and O–H groups in total. The summed E-state index contributed by atoms with van der Waals surface area (Å²) in [7, 11) is 1.48. The number of amides is 1. The van der Waals surface area contributed by atoms with Crippen molar-refractivity contribution in [2.24, 2.45) is 0 Å². The van der Waals surface area contributed by atoms with Crippen LogP contribution in [0.5, 0.6) is 5.75 Å². The normalized spacial score (nSPS) is 17.1. The molecule has 26 heavy (non-hydrogen) atoms. The number of methoxy groups -OCH3 is 1. The van der Waals surface area contributed by atoms with E-state index in [0.29, 0.717) is 16.3 Å². The Morgan fingerprint density at radius 3 is 2.77 bits per heavy atom. The minimum absolute atomic E-state index is 0.294. The molecule has 1 aliphatic heterocycles. The van der Waals surface area contributed by atoms with Gasteiger partial charge in [-0.05, 0) is 41.0 Å². The van der Waals surface area contributed by atoms with E-state index >= 15 is 0 Å². The third-order valence-electron chi connectivity index (χ3n) is 4.27. The van der Waals surface area contributed by atoms with Gasteiger partial charge in [0.25, 0.3) is 0 Å². The predicted molar refractivity (Wildman–Crippen MR) is 102 cm³/mol. The Morgan fingerprint density at radius 2 is 2.08 bits per heavy atom. The number of hydrogen-bond acceptors (Lipinski definition) is 4. The van der Waals surface area contributed by atoms with Gasteiger partial charge in [-0.25, -0.2) is 4.79 Å². The molecular weight excluding hydrogens is 374 g/mol. The molecule has 2 atom stereocenters. The number of carboxylic acid groups (broad SMARTS) is 1. The highest BCUT2D eigenvalue weighted by Gasteiger charge is 2.31. The van der Waals surface area contributed by atoms with Crippen LogP contribution >= 0.6 is 23.4 Å². The Kier molecular flexibility index (Phi) is 5.74. The van der Waals surface area contributed by atoms with Gasteiger partial charge in [0, 0.05) is 0 Å². The van der Waals surface area contributed by atoms with E-state index in [0.717, 1.165) is 23.3 Å². The fourth-order valence-electron chi connectivity index (χ4n) is 2.98. The van der Waals surface area contributed by atoms with E-state index in [-0.39, 0.29) is 5.91 Å². The van der Waals surface area contributed by atoms with E-state index in [1.807, 2.05) is 24.3 Å². The number of carboxylic acids is 1. The van der Waals surface area contributed by atoms with Gasteiger partial charge >= 0.3 is 5.97 Å². The van der Waals surface area contributed by atoms with E-state index in [4.69, 9.17) is 16.3 Å². The molecule has 1 aliphatic rings. The number of carbonyl (C=O) groups excluding carboxylic acids is 1. The average molecular weight is 392 g/mol. The number of aliphatic carboxylic acids is 1. The van der Waals surface area contributed by atoms with Crippen LogP contribution in [0.15, 0.2) is 42.5 Å².